The lowest BCUT2D eigenvalue weighted by Gasteiger charge is -2.15. The number of hydrogen-bond acceptors (Lipinski definition) is 4. The van der Waals surface area contributed by atoms with Crippen LogP contribution in [0.1, 0.15) is 42.7 Å². The first-order chi connectivity index (χ1) is 13.1. The number of carbonyl (C=O) groups is 1. The number of nitrogens with zero attached hydrogens (tertiary/aromatic N) is 3. The summed E-state index contributed by atoms with van der Waals surface area (Å²) in [5.41, 5.74) is 2.96. The van der Waals surface area contributed by atoms with Crippen molar-refractivity contribution in [2.24, 2.45) is 4.99 Å². The highest BCUT2D eigenvalue weighted by Crippen LogP contribution is 2.21. The Morgan fingerprint density at radius 2 is 2.00 bits per heavy atom. The highest BCUT2D eigenvalue weighted by molar-refractivity contribution is 14.0. The van der Waals surface area contributed by atoms with Gasteiger partial charge in [0.15, 0.2) is 5.96 Å². The lowest BCUT2D eigenvalue weighted by atomic mass is 10.2. The molecule has 0 radical (unpaired) electrons. The predicted octanol–water partition coefficient (Wildman–Crippen LogP) is 3.29. The van der Waals surface area contributed by atoms with E-state index in [0.717, 1.165) is 42.2 Å². The van der Waals surface area contributed by atoms with Crippen molar-refractivity contribution in [3.05, 3.63) is 47.2 Å². The summed E-state index contributed by atoms with van der Waals surface area (Å²) in [7, 11) is 0. The Kier molecular flexibility index (Phi) is 8.28. The van der Waals surface area contributed by atoms with Crippen molar-refractivity contribution < 1.29 is 9.21 Å². The van der Waals surface area contributed by atoms with Crippen molar-refractivity contribution in [3.63, 3.8) is 0 Å². The number of carbonyl (C=O) groups excluding carboxylic acids is 1. The summed E-state index contributed by atoms with van der Waals surface area (Å²) in [5, 5.41) is 6.46. The zero-order chi connectivity index (χ0) is 19.2. The molecule has 7 nitrogen and oxygen atoms in total. The van der Waals surface area contributed by atoms with Crippen LogP contribution in [0.15, 0.2) is 33.7 Å². The normalized spacial score (nSPS) is 14.2. The monoisotopic (exact) mass is 497 g/mol. The molecule has 2 N–H and O–H groups in total. The number of halogens is 1. The fraction of sp³-hybridized carbons (Fsp3) is 0.450. The van der Waals surface area contributed by atoms with Gasteiger partial charge in [-0.3, -0.25) is 4.79 Å². The first-order valence-electron chi connectivity index (χ1n) is 9.41. The van der Waals surface area contributed by atoms with E-state index >= 15 is 0 Å². The van der Waals surface area contributed by atoms with Gasteiger partial charge in [0.1, 0.15) is 5.76 Å². The smallest absolute Gasteiger partial charge is 0.227 e. The number of aromatic nitrogens is 1. The molecule has 0 bridgehead atoms. The van der Waals surface area contributed by atoms with E-state index < -0.39 is 0 Å². The number of aryl methyl sites for hydroxylation is 2. The zero-order valence-electron chi connectivity index (χ0n) is 16.6. The summed E-state index contributed by atoms with van der Waals surface area (Å²) in [5.74, 6) is 2.40. The fourth-order valence-corrected chi connectivity index (χ4v) is 2.99. The van der Waals surface area contributed by atoms with Gasteiger partial charge in [0.2, 0.25) is 11.8 Å². The van der Waals surface area contributed by atoms with Crippen LogP contribution in [0, 0.1) is 13.8 Å². The molecule has 2 aromatic rings. The zero-order valence-corrected chi connectivity index (χ0v) is 18.9. The van der Waals surface area contributed by atoms with E-state index in [-0.39, 0.29) is 29.9 Å². The number of nitrogens with one attached hydrogen (secondary N) is 2. The molecule has 1 saturated heterocycles. The van der Waals surface area contributed by atoms with Gasteiger partial charge >= 0.3 is 0 Å². The Morgan fingerprint density at radius 3 is 2.57 bits per heavy atom. The Balaban J connectivity index is 0.00000280. The Morgan fingerprint density at radius 1 is 1.25 bits per heavy atom. The highest BCUT2D eigenvalue weighted by Gasteiger charge is 2.21. The van der Waals surface area contributed by atoms with Crippen LogP contribution in [0.4, 0.5) is 5.69 Å². The third kappa shape index (κ3) is 5.70. The van der Waals surface area contributed by atoms with Gasteiger partial charge in [0, 0.05) is 25.2 Å². The van der Waals surface area contributed by atoms with Crippen molar-refractivity contribution in [2.45, 2.75) is 46.7 Å². The summed E-state index contributed by atoms with van der Waals surface area (Å²) < 4.78 is 5.59. The predicted molar refractivity (Wildman–Crippen MR) is 121 cm³/mol. The molecular formula is C20H28IN5O2. The molecular weight excluding hydrogens is 469 g/mol. The average Bonchev–Trinajstić information content (AvgIpc) is 3.23. The summed E-state index contributed by atoms with van der Waals surface area (Å²) in [4.78, 5) is 22.7. The van der Waals surface area contributed by atoms with Crippen LogP contribution in [-0.4, -0.2) is 29.9 Å². The highest BCUT2D eigenvalue weighted by atomic mass is 127. The lowest BCUT2D eigenvalue weighted by molar-refractivity contribution is -0.117. The van der Waals surface area contributed by atoms with Crippen LogP contribution in [-0.2, 0) is 17.9 Å². The second kappa shape index (κ2) is 10.4. The van der Waals surface area contributed by atoms with Gasteiger partial charge < -0.3 is 20.0 Å². The molecule has 1 aromatic carbocycles. The molecule has 8 heteroatoms. The van der Waals surface area contributed by atoms with E-state index in [4.69, 9.17) is 4.42 Å². The van der Waals surface area contributed by atoms with E-state index in [1.165, 1.54) is 0 Å². The van der Waals surface area contributed by atoms with Crippen LogP contribution < -0.4 is 15.5 Å². The molecule has 0 atom stereocenters. The fourth-order valence-electron chi connectivity index (χ4n) is 2.99. The summed E-state index contributed by atoms with van der Waals surface area (Å²) in [6.45, 7) is 8.48. The van der Waals surface area contributed by atoms with Crippen LogP contribution in [0.25, 0.3) is 0 Å². The molecule has 1 aliphatic rings. The number of anilines is 1. The minimum atomic E-state index is 0. The average molecular weight is 497 g/mol. The first-order valence-corrected chi connectivity index (χ1v) is 9.41. The third-order valence-electron chi connectivity index (χ3n) is 4.57. The van der Waals surface area contributed by atoms with Gasteiger partial charge in [-0.15, -0.1) is 24.0 Å². The Hall–Kier alpha value is -2.10. The van der Waals surface area contributed by atoms with Gasteiger partial charge in [0.05, 0.1) is 18.8 Å². The molecule has 0 saturated carbocycles. The van der Waals surface area contributed by atoms with Gasteiger partial charge in [-0.1, -0.05) is 12.1 Å². The molecule has 1 aromatic heterocycles. The van der Waals surface area contributed by atoms with Crippen molar-refractivity contribution in [2.75, 3.05) is 18.0 Å². The molecule has 2 heterocycles. The quantitative estimate of drug-likeness (QED) is 0.364. The molecule has 1 amide bonds. The van der Waals surface area contributed by atoms with Gasteiger partial charge in [-0.25, -0.2) is 9.98 Å². The minimum absolute atomic E-state index is 0. The molecule has 152 valence electrons. The Bertz CT molecular complexity index is 797. The van der Waals surface area contributed by atoms with Crippen LogP contribution >= 0.6 is 24.0 Å². The van der Waals surface area contributed by atoms with Crippen molar-refractivity contribution in [3.8, 4) is 0 Å². The number of aliphatic imine (C=N–C) groups is 1. The largest absolute Gasteiger partial charge is 0.444 e. The third-order valence-corrected chi connectivity index (χ3v) is 4.57. The van der Waals surface area contributed by atoms with Crippen LogP contribution in [0.2, 0.25) is 0 Å². The molecule has 0 unspecified atom stereocenters. The number of amides is 1. The maximum absolute atomic E-state index is 11.8. The summed E-state index contributed by atoms with van der Waals surface area (Å²) in [6.07, 6.45) is 1.58. The number of guanidine groups is 1. The van der Waals surface area contributed by atoms with E-state index in [1.807, 2.05) is 49.9 Å². The van der Waals surface area contributed by atoms with E-state index in [1.54, 1.807) is 0 Å². The lowest BCUT2D eigenvalue weighted by Crippen LogP contribution is -2.36. The van der Waals surface area contributed by atoms with Crippen LogP contribution in [0.3, 0.4) is 0 Å². The van der Waals surface area contributed by atoms with Crippen molar-refractivity contribution in [1.82, 2.24) is 15.6 Å². The molecule has 1 aliphatic heterocycles. The number of hydrogen-bond donors (Lipinski definition) is 2. The molecule has 3 rings (SSSR count). The summed E-state index contributed by atoms with van der Waals surface area (Å²) >= 11 is 0. The standard InChI is InChI=1S/C20H27N5O2.HI/c1-4-21-20(23-13-18-24-14(2)15(3)27-18)22-12-16-7-9-17(10-8-16)25-11-5-6-19(25)26;/h7-10H,4-6,11-13H2,1-3H3,(H2,21,22,23);1H. The van der Waals surface area contributed by atoms with E-state index in [2.05, 4.69) is 20.6 Å². The van der Waals surface area contributed by atoms with Crippen molar-refractivity contribution in [1.29, 1.82) is 0 Å². The topological polar surface area (TPSA) is 82.8 Å². The number of rotatable bonds is 6. The Labute approximate surface area is 183 Å². The number of benzene rings is 1. The summed E-state index contributed by atoms with van der Waals surface area (Å²) in [6, 6.07) is 8.03. The number of oxazole rings is 1. The molecule has 0 aliphatic carbocycles. The first kappa shape index (κ1) is 22.2. The van der Waals surface area contributed by atoms with Gasteiger partial charge in [-0.2, -0.15) is 0 Å². The van der Waals surface area contributed by atoms with E-state index in [0.29, 0.717) is 31.4 Å². The molecule has 28 heavy (non-hydrogen) atoms. The van der Waals surface area contributed by atoms with E-state index in [9.17, 15) is 4.79 Å². The molecule has 0 spiro atoms. The minimum Gasteiger partial charge on any atom is -0.444 e. The second-order valence-corrected chi connectivity index (χ2v) is 6.61. The SMILES string of the molecule is CCNC(=NCc1ccc(N2CCCC2=O)cc1)NCc1nc(C)c(C)o1.I. The van der Waals surface area contributed by atoms with Crippen LogP contribution in [0.5, 0.6) is 0 Å². The van der Waals surface area contributed by atoms with Gasteiger partial charge in [0.25, 0.3) is 0 Å². The maximum atomic E-state index is 11.8. The van der Waals surface area contributed by atoms with Gasteiger partial charge in [-0.05, 0) is 44.9 Å². The molecule has 1 fully saturated rings. The van der Waals surface area contributed by atoms with Crippen molar-refractivity contribution >= 4 is 41.5 Å². The second-order valence-electron chi connectivity index (χ2n) is 6.61. The maximum Gasteiger partial charge on any atom is 0.227 e.